The second-order valence-corrected chi connectivity index (χ2v) is 19.0. The monoisotopic (exact) mass is 648 g/mol. The molecule has 0 saturated carbocycles. The normalized spacial score (nSPS) is 12.3. The highest BCUT2D eigenvalue weighted by Gasteiger charge is 2.26. The number of imidazole rings is 1. The van der Waals surface area contributed by atoms with E-state index >= 15 is 0 Å². The summed E-state index contributed by atoms with van der Waals surface area (Å²) < 4.78 is 61.7. The first kappa shape index (κ1) is 30.6. The molecule has 0 N–H and O–H groups in total. The molecule has 0 aliphatic carbocycles. The van der Waals surface area contributed by atoms with E-state index in [2.05, 4.69) is 24.6 Å². The van der Waals surface area contributed by atoms with E-state index in [4.69, 9.17) is 20.3 Å². The third-order valence-corrected chi connectivity index (χ3v) is 10.7. The minimum atomic E-state index is -3.99. The Labute approximate surface area is 265 Å². The highest BCUT2D eigenvalue weighted by molar-refractivity contribution is 7.90. The SMILES string of the molecule is [2H]c1c(C(=O)c2cc(OC)c(OC)c(OC)c2)nc(-c2cn(S(=O)(=O)c3ccccc3)c3ccccc23)n1COCC[Si](C)(C)C. The van der Waals surface area contributed by atoms with Gasteiger partial charge in [-0.05, 0) is 36.4 Å². The van der Waals surface area contributed by atoms with Crippen LogP contribution in [0.1, 0.15) is 17.4 Å². The fraction of sp³-hybridized carbons (Fsp3) is 0.273. The van der Waals surface area contributed by atoms with Crippen molar-refractivity contribution in [1.82, 2.24) is 13.5 Å². The number of carbonyl (C=O) groups excluding carboxylic acids is 1. The van der Waals surface area contributed by atoms with E-state index in [1.807, 2.05) is 0 Å². The number of rotatable bonds is 13. The quantitative estimate of drug-likeness (QED) is 0.0830. The third-order valence-electron chi connectivity index (χ3n) is 7.29. The molecule has 0 radical (unpaired) electrons. The predicted molar refractivity (Wildman–Crippen MR) is 176 cm³/mol. The minimum Gasteiger partial charge on any atom is -0.493 e. The van der Waals surface area contributed by atoms with Crippen LogP contribution in [-0.2, 0) is 21.5 Å². The summed E-state index contributed by atoms with van der Waals surface area (Å²) in [4.78, 5) is 18.8. The number of hydrogen-bond acceptors (Lipinski definition) is 8. The van der Waals surface area contributed by atoms with Crippen LogP contribution >= 0.6 is 0 Å². The van der Waals surface area contributed by atoms with E-state index in [9.17, 15) is 13.2 Å². The lowest BCUT2D eigenvalue weighted by Crippen LogP contribution is -2.22. The van der Waals surface area contributed by atoms with Crippen LogP contribution in [0.15, 0.2) is 84.0 Å². The van der Waals surface area contributed by atoms with Crippen LogP contribution in [-0.4, -0.2) is 63.7 Å². The van der Waals surface area contributed by atoms with Crippen LogP contribution < -0.4 is 14.2 Å². The van der Waals surface area contributed by atoms with Gasteiger partial charge in [0, 0.05) is 43.6 Å². The summed E-state index contributed by atoms with van der Waals surface area (Å²) in [5, 5.41) is 0.585. The van der Waals surface area contributed by atoms with Crippen molar-refractivity contribution in [3.05, 3.63) is 90.4 Å². The molecular weight excluding hydrogens is 611 g/mol. The summed E-state index contributed by atoms with van der Waals surface area (Å²) in [6.45, 7) is 7.13. The van der Waals surface area contributed by atoms with E-state index in [0.717, 1.165) is 6.04 Å². The van der Waals surface area contributed by atoms with Crippen LogP contribution in [0.3, 0.4) is 0 Å². The maximum absolute atomic E-state index is 14.0. The highest BCUT2D eigenvalue weighted by Crippen LogP contribution is 2.39. The first-order chi connectivity index (χ1) is 21.9. The van der Waals surface area contributed by atoms with E-state index < -0.39 is 23.9 Å². The maximum atomic E-state index is 14.0. The standard InChI is InChI=1S/C33H37N3O7SSi/c1-40-29-18-23(19-30(41-2)32(29)42-3)31(37)27-21-35(22-43-16-17-45(4,5)6)33(34-27)26-20-36(28-15-11-10-14-25(26)28)44(38,39)24-12-8-7-9-13-24/h7-15,18-21H,16-17,22H2,1-6H3/i21D. The Balaban J connectivity index is 1.68. The smallest absolute Gasteiger partial charge is 0.268 e. The first-order valence-electron chi connectivity index (χ1n) is 14.8. The molecule has 0 amide bonds. The molecule has 5 rings (SSSR count). The van der Waals surface area contributed by atoms with Crippen LogP contribution in [0.2, 0.25) is 25.7 Å². The van der Waals surface area contributed by atoms with Gasteiger partial charge in [0.05, 0.1) is 33.1 Å². The fourth-order valence-electron chi connectivity index (χ4n) is 4.89. The largest absolute Gasteiger partial charge is 0.493 e. The lowest BCUT2D eigenvalue weighted by molar-refractivity contribution is 0.0881. The van der Waals surface area contributed by atoms with Gasteiger partial charge in [-0.2, -0.15) is 0 Å². The molecule has 0 aliphatic heterocycles. The van der Waals surface area contributed by atoms with Gasteiger partial charge in [-0.1, -0.05) is 56.0 Å². The van der Waals surface area contributed by atoms with Gasteiger partial charge >= 0.3 is 0 Å². The molecule has 0 unspecified atom stereocenters. The van der Waals surface area contributed by atoms with Gasteiger partial charge in [0.25, 0.3) is 10.0 Å². The third kappa shape index (κ3) is 6.53. The number of fused-ring (bicyclic) bond motifs is 1. The molecule has 236 valence electrons. The lowest BCUT2D eigenvalue weighted by atomic mass is 10.1. The average Bonchev–Trinajstić information content (AvgIpc) is 3.59. The summed E-state index contributed by atoms with van der Waals surface area (Å²) in [5.74, 6) is 0.557. The maximum Gasteiger partial charge on any atom is 0.268 e. The summed E-state index contributed by atoms with van der Waals surface area (Å²) in [6, 6.07) is 19.1. The number of benzene rings is 3. The van der Waals surface area contributed by atoms with Gasteiger partial charge in [0.15, 0.2) is 11.5 Å². The number of para-hydroxylation sites is 1. The molecule has 0 bridgehead atoms. The molecule has 0 spiro atoms. The molecule has 5 aromatic rings. The summed E-state index contributed by atoms with van der Waals surface area (Å²) in [6.07, 6.45) is 1.31. The molecule has 0 atom stereocenters. The molecule has 2 aromatic heterocycles. The average molecular weight is 649 g/mol. The molecule has 0 aliphatic rings. The summed E-state index contributed by atoms with van der Waals surface area (Å²) in [7, 11) is -1.03. The topological polar surface area (TPSA) is 111 Å². The molecule has 12 heteroatoms. The zero-order valence-electron chi connectivity index (χ0n) is 27.2. The number of carbonyl (C=O) groups is 1. The van der Waals surface area contributed by atoms with Gasteiger partial charge in [-0.15, -0.1) is 0 Å². The van der Waals surface area contributed by atoms with E-state index in [0.29, 0.717) is 28.8 Å². The Morgan fingerprint density at radius 2 is 1.58 bits per heavy atom. The minimum absolute atomic E-state index is 0.0564. The Bertz CT molecular complexity index is 1980. The summed E-state index contributed by atoms with van der Waals surface area (Å²) in [5.41, 5.74) is 0.898. The molecule has 10 nitrogen and oxygen atoms in total. The Morgan fingerprint density at radius 3 is 2.20 bits per heavy atom. The zero-order valence-corrected chi connectivity index (χ0v) is 28.0. The van der Waals surface area contributed by atoms with Crippen molar-refractivity contribution < 1.29 is 33.5 Å². The first-order valence-corrected chi connectivity index (χ1v) is 19.5. The molecular formula is C33H37N3O7SSi. The lowest BCUT2D eigenvalue weighted by Gasteiger charge is -2.16. The van der Waals surface area contributed by atoms with Gasteiger partial charge < -0.3 is 23.5 Å². The fourth-order valence-corrected chi connectivity index (χ4v) is 7.04. The second kappa shape index (κ2) is 12.9. The number of hydrogen-bond donors (Lipinski definition) is 0. The van der Waals surface area contributed by atoms with Crippen molar-refractivity contribution in [2.75, 3.05) is 27.9 Å². The van der Waals surface area contributed by atoms with Gasteiger partial charge in [-0.25, -0.2) is 17.4 Å². The second-order valence-electron chi connectivity index (χ2n) is 11.6. The van der Waals surface area contributed by atoms with Gasteiger partial charge in [-0.3, -0.25) is 4.79 Å². The van der Waals surface area contributed by atoms with Crippen molar-refractivity contribution in [1.29, 1.82) is 0 Å². The Morgan fingerprint density at radius 1 is 0.933 bits per heavy atom. The summed E-state index contributed by atoms with van der Waals surface area (Å²) >= 11 is 0. The molecule has 0 saturated heterocycles. The number of nitrogens with zero attached hydrogens (tertiary/aromatic N) is 3. The predicted octanol–water partition coefficient (Wildman–Crippen LogP) is 6.31. The van der Waals surface area contributed by atoms with Crippen LogP contribution in [0.25, 0.3) is 22.3 Å². The van der Waals surface area contributed by atoms with E-state index in [-0.39, 0.29) is 46.4 Å². The number of ether oxygens (including phenoxy) is 4. The van der Waals surface area contributed by atoms with Crippen molar-refractivity contribution >= 4 is 34.8 Å². The molecule has 45 heavy (non-hydrogen) atoms. The van der Waals surface area contributed by atoms with Crippen molar-refractivity contribution in [3.8, 4) is 28.6 Å². The van der Waals surface area contributed by atoms with Gasteiger partial charge in [0.2, 0.25) is 11.5 Å². The van der Waals surface area contributed by atoms with Crippen LogP contribution in [0.5, 0.6) is 17.2 Å². The molecule has 2 heterocycles. The number of methoxy groups -OCH3 is 3. The molecule has 0 fully saturated rings. The zero-order chi connectivity index (χ0) is 33.2. The van der Waals surface area contributed by atoms with E-state index in [1.54, 1.807) is 42.5 Å². The number of aromatic nitrogens is 3. The number of ketones is 1. The molecule has 3 aromatic carbocycles. The van der Waals surface area contributed by atoms with Crippen molar-refractivity contribution in [2.24, 2.45) is 0 Å². The highest BCUT2D eigenvalue weighted by atomic mass is 32.2. The van der Waals surface area contributed by atoms with Crippen LogP contribution in [0.4, 0.5) is 0 Å². The van der Waals surface area contributed by atoms with E-state index in [1.165, 1.54) is 60.3 Å². The Kier molecular flexibility index (Phi) is 8.79. The van der Waals surface area contributed by atoms with Gasteiger partial charge in [0.1, 0.15) is 18.2 Å². The van der Waals surface area contributed by atoms with Crippen molar-refractivity contribution in [3.63, 3.8) is 0 Å². The van der Waals surface area contributed by atoms with Crippen molar-refractivity contribution in [2.45, 2.75) is 37.3 Å². The van der Waals surface area contributed by atoms with Crippen LogP contribution in [0, 0.1) is 0 Å². The Hall–Kier alpha value is -4.39.